The second-order valence-corrected chi connectivity index (χ2v) is 5.65. The van der Waals surface area contributed by atoms with E-state index in [4.69, 9.17) is 5.73 Å². The van der Waals surface area contributed by atoms with Gasteiger partial charge in [-0.1, -0.05) is 38.1 Å². The monoisotopic (exact) mass is 291 g/mol. The van der Waals surface area contributed by atoms with Crippen LogP contribution in [-0.2, 0) is 22.6 Å². The SMILES string of the molecule is CC(C)CNC(=O)CN(C)C(=O)Cc1ccc(CN)cc1. The Labute approximate surface area is 126 Å². The van der Waals surface area contributed by atoms with Gasteiger partial charge in [-0.2, -0.15) is 0 Å². The number of nitrogens with two attached hydrogens (primary N) is 1. The molecule has 0 saturated heterocycles. The summed E-state index contributed by atoms with van der Waals surface area (Å²) >= 11 is 0. The molecule has 0 fully saturated rings. The molecule has 0 aromatic heterocycles. The summed E-state index contributed by atoms with van der Waals surface area (Å²) < 4.78 is 0. The van der Waals surface area contributed by atoms with Crippen molar-refractivity contribution in [2.24, 2.45) is 11.7 Å². The van der Waals surface area contributed by atoms with Gasteiger partial charge in [-0.3, -0.25) is 9.59 Å². The molecule has 1 rings (SSSR count). The van der Waals surface area contributed by atoms with Crippen LogP contribution in [0.15, 0.2) is 24.3 Å². The van der Waals surface area contributed by atoms with Crippen molar-refractivity contribution in [2.45, 2.75) is 26.8 Å². The summed E-state index contributed by atoms with van der Waals surface area (Å²) in [6, 6.07) is 7.62. The first kappa shape index (κ1) is 17.2. The van der Waals surface area contributed by atoms with E-state index in [1.807, 2.05) is 38.1 Å². The highest BCUT2D eigenvalue weighted by atomic mass is 16.2. The third-order valence-corrected chi connectivity index (χ3v) is 3.13. The number of rotatable bonds is 7. The predicted molar refractivity (Wildman–Crippen MR) is 83.5 cm³/mol. The average Bonchev–Trinajstić information content (AvgIpc) is 2.45. The quantitative estimate of drug-likeness (QED) is 0.784. The molecule has 3 N–H and O–H groups in total. The lowest BCUT2D eigenvalue weighted by Gasteiger charge is -2.17. The van der Waals surface area contributed by atoms with Crippen LogP contribution in [0.1, 0.15) is 25.0 Å². The molecule has 0 spiro atoms. The van der Waals surface area contributed by atoms with Crippen molar-refractivity contribution in [1.29, 1.82) is 0 Å². The molecule has 0 radical (unpaired) electrons. The largest absolute Gasteiger partial charge is 0.354 e. The van der Waals surface area contributed by atoms with E-state index in [-0.39, 0.29) is 18.4 Å². The molecule has 0 atom stereocenters. The minimum atomic E-state index is -0.127. The van der Waals surface area contributed by atoms with E-state index >= 15 is 0 Å². The number of benzene rings is 1. The van der Waals surface area contributed by atoms with Gasteiger partial charge < -0.3 is 16.0 Å². The lowest BCUT2D eigenvalue weighted by Crippen LogP contribution is -2.40. The highest BCUT2D eigenvalue weighted by Crippen LogP contribution is 2.06. The highest BCUT2D eigenvalue weighted by molar-refractivity contribution is 5.85. The molecular formula is C16H25N3O2. The molecule has 5 nitrogen and oxygen atoms in total. The second kappa shape index (κ2) is 8.42. The van der Waals surface area contributed by atoms with Crippen LogP contribution in [0.5, 0.6) is 0 Å². The lowest BCUT2D eigenvalue weighted by atomic mass is 10.1. The molecule has 0 aliphatic rings. The van der Waals surface area contributed by atoms with Crippen molar-refractivity contribution < 1.29 is 9.59 Å². The summed E-state index contributed by atoms with van der Waals surface area (Å²) in [7, 11) is 1.64. The molecule has 0 bridgehead atoms. The summed E-state index contributed by atoms with van der Waals surface area (Å²) in [5.41, 5.74) is 7.49. The maximum atomic E-state index is 12.1. The number of likely N-dealkylation sites (N-methyl/N-ethyl adjacent to an activating group) is 1. The van der Waals surface area contributed by atoms with Crippen LogP contribution < -0.4 is 11.1 Å². The van der Waals surface area contributed by atoms with Crippen LogP contribution in [0.2, 0.25) is 0 Å². The van der Waals surface area contributed by atoms with E-state index in [2.05, 4.69) is 5.32 Å². The Morgan fingerprint density at radius 3 is 2.29 bits per heavy atom. The fourth-order valence-corrected chi connectivity index (χ4v) is 1.78. The zero-order chi connectivity index (χ0) is 15.8. The molecule has 2 amide bonds. The molecule has 0 aliphatic heterocycles. The Hall–Kier alpha value is -1.88. The fourth-order valence-electron chi connectivity index (χ4n) is 1.78. The molecule has 116 valence electrons. The van der Waals surface area contributed by atoms with E-state index in [9.17, 15) is 9.59 Å². The first-order valence-corrected chi connectivity index (χ1v) is 7.21. The van der Waals surface area contributed by atoms with Gasteiger partial charge in [0.25, 0.3) is 0 Å². The van der Waals surface area contributed by atoms with Crippen molar-refractivity contribution in [3.8, 4) is 0 Å². The van der Waals surface area contributed by atoms with Crippen LogP contribution in [0.4, 0.5) is 0 Å². The van der Waals surface area contributed by atoms with E-state index in [1.54, 1.807) is 7.05 Å². The van der Waals surface area contributed by atoms with Gasteiger partial charge in [-0.15, -0.1) is 0 Å². The number of carbonyl (C=O) groups is 2. The average molecular weight is 291 g/mol. The molecule has 5 heteroatoms. The molecule has 0 heterocycles. The third kappa shape index (κ3) is 6.40. The Kier molecular flexibility index (Phi) is 6.88. The van der Waals surface area contributed by atoms with Gasteiger partial charge in [0.2, 0.25) is 11.8 Å². The summed E-state index contributed by atoms with van der Waals surface area (Å²) in [5, 5.41) is 2.80. The maximum Gasteiger partial charge on any atom is 0.239 e. The molecule has 1 aromatic carbocycles. The first-order chi connectivity index (χ1) is 9.92. The number of hydrogen-bond donors (Lipinski definition) is 2. The van der Waals surface area contributed by atoms with Gasteiger partial charge in [-0.05, 0) is 17.0 Å². The van der Waals surface area contributed by atoms with Gasteiger partial charge >= 0.3 is 0 Å². The number of carbonyl (C=O) groups excluding carboxylic acids is 2. The van der Waals surface area contributed by atoms with Crippen molar-refractivity contribution in [2.75, 3.05) is 20.1 Å². The van der Waals surface area contributed by atoms with E-state index < -0.39 is 0 Å². The van der Waals surface area contributed by atoms with Crippen molar-refractivity contribution in [3.05, 3.63) is 35.4 Å². The summed E-state index contributed by atoms with van der Waals surface area (Å²) in [6.07, 6.45) is 0.290. The van der Waals surface area contributed by atoms with Crippen molar-refractivity contribution >= 4 is 11.8 Å². The van der Waals surface area contributed by atoms with Gasteiger partial charge in [0.1, 0.15) is 0 Å². The standard InChI is InChI=1S/C16H25N3O2/c1-12(2)10-18-15(20)11-19(3)16(21)8-13-4-6-14(9-17)7-5-13/h4-7,12H,8-11,17H2,1-3H3,(H,18,20). The van der Waals surface area contributed by atoms with E-state index in [0.29, 0.717) is 25.4 Å². The van der Waals surface area contributed by atoms with E-state index in [1.165, 1.54) is 4.90 Å². The first-order valence-electron chi connectivity index (χ1n) is 7.21. The van der Waals surface area contributed by atoms with Crippen LogP contribution >= 0.6 is 0 Å². The maximum absolute atomic E-state index is 12.1. The summed E-state index contributed by atoms with van der Waals surface area (Å²) in [6.45, 7) is 5.26. The lowest BCUT2D eigenvalue weighted by molar-refractivity contribution is -0.134. The van der Waals surface area contributed by atoms with Crippen LogP contribution in [-0.4, -0.2) is 36.9 Å². The molecule has 0 saturated carbocycles. The smallest absolute Gasteiger partial charge is 0.239 e. The summed E-state index contributed by atoms with van der Waals surface area (Å²) in [5.74, 6) is 0.198. The molecule has 21 heavy (non-hydrogen) atoms. The second-order valence-electron chi connectivity index (χ2n) is 5.65. The molecule has 0 unspecified atom stereocenters. The topological polar surface area (TPSA) is 75.4 Å². The van der Waals surface area contributed by atoms with Gasteiger partial charge in [-0.25, -0.2) is 0 Å². The van der Waals surface area contributed by atoms with Crippen LogP contribution in [0, 0.1) is 5.92 Å². The minimum Gasteiger partial charge on any atom is -0.354 e. The number of nitrogens with zero attached hydrogens (tertiary/aromatic N) is 1. The fraction of sp³-hybridized carbons (Fsp3) is 0.500. The van der Waals surface area contributed by atoms with Gasteiger partial charge in [0.15, 0.2) is 0 Å². The molecule has 0 aliphatic carbocycles. The Morgan fingerprint density at radius 2 is 1.76 bits per heavy atom. The van der Waals surface area contributed by atoms with Crippen molar-refractivity contribution in [1.82, 2.24) is 10.2 Å². The van der Waals surface area contributed by atoms with Crippen LogP contribution in [0.3, 0.4) is 0 Å². The van der Waals surface area contributed by atoms with Gasteiger partial charge in [0.05, 0.1) is 13.0 Å². The predicted octanol–water partition coefficient (Wildman–Crippen LogP) is 0.918. The van der Waals surface area contributed by atoms with Crippen LogP contribution in [0.25, 0.3) is 0 Å². The van der Waals surface area contributed by atoms with Gasteiger partial charge in [0, 0.05) is 20.1 Å². The third-order valence-electron chi connectivity index (χ3n) is 3.13. The minimum absolute atomic E-state index is 0.0739. The number of hydrogen-bond acceptors (Lipinski definition) is 3. The Balaban J connectivity index is 2.44. The number of nitrogens with one attached hydrogen (secondary N) is 1. The molecular weight excluding hydrogens is 266 g/mol. The Bertz CT molecular complexity index is 469. The normalized spacial score (nSPS) is 10.5. The summed E-state index contributed by atoms with van der Waals surface area (Å²) in [4.78, 5) is 25.2. The zero-order valence-electron chi connectivity index (χ0n) is 13.1. The Morgan fingerprint density at radius 1 is 1.19 bits per heavy atom. The van der Waals surface area contributed by atoms with Crippen molar-refractivity contribution in [3.63, 3.8) is 0 Å². The highest BCUT2D eigenvalue weighted by Gasteiger charge is 2.13. The zero-order valence-corrected chi connectivity index (χ0v) is 13.1. The molecule has 1 aromatic rings. The van der Waals surface area contributed by atoms with E-state index in [0.717, 1.165) is 11.1 Å². The number of amides is 2.